The Hall–Kier alpha value is -3.26. The van der Waals surface area contributed by atoms with Crippen LogP contribution in [-0.4, -0.2) is 22.0 Å². The lowest BCUT2D eigenvalue weighted by atomic mass is 10.1. The molecule has 0 fully saturated rings. The molecule has 23 heavy (non-hydrogen) atoms. The molecule has 7 N–H and O–H groups in total. The number of nitrogens with two attached hydrogens (primary N) is 2. The molecule has 1 aromatic carbocycles. The summed E-state index contributed by atoms with van der Waals surface area (Å²) in [6, 6.07) is 6.17. The summed E-state index contributed by atoms with van der Waals surface area (Å²) in [5.41, 5.74) is 12.8. The molecule has 0 saturated heterocycles. The van der Waals surface area contributed by atoms with Crippen LogP contribution in [0.15, 0.2) is 34.9 Å². The van der Waals surface area contributed by atoms with E-state index in [1.165, 1.54) is 6.26 Å². The van der Waals surface area contributed by atoms with E-state index in [0.717, 1.165) is 11.1 Å². The number of hydrogen-bond acceptors (Lipinski definition) is 4. The van der Waals surface area contributed by atoms with E-state index >= 15 is 0 Å². The Bertz CT molecular complexity index is 909. The van der Waals surface area contributed by atoms with Crippen LogP contribution >= 0.6 is 0 Å². The maximum Gasteiger partial charge on any atom is 0.317 e. The van der Waals surface area contributed by atoms with Crippen molar-refractivity contribution in [2.24, 2.45) is 11.5 Å². The van der Waals surface area contributed by atoms with E-state index in [4.69, 9.17) is 21.0 Å². The maximum atomic E-state index is 11.6. The van der Waals surface area contributed by atoms with Crippen LogP contribution in [-0.2, 0) is 6.61 Å². The van der Waals surface area contributed by atoms with Crippen molar-refractivity contribution >= 4 is 28.7 Å². The number of primary amides is 2. The fourth-order valence-corrected chi connectivity index (χ4v) is 2.46. The van der Waals surface area contributed by atoms with Crippen molar-refractivity contribution in [1.82, 2.24) is 4.98 Å². The third-order valence-electron chi connectivity index (χ3n) is 3.44. The van der Waals surface area contributed by atoms with Crippen molar-refractivity contribution in [2.75, 3.05) is 5.32 Å². The maximum absolute atomic E-state index is 11.6. The lowest BCUT2D eigenvalue weighted by molar-refractivity contribution is 0.100. The molecule has 0 aliphatic rings. The highest BCUT2D eigenvalue weighted by Crippen LogP contribution is 2.31. The van der Waals surface area contributed by atoms with Gasteiger partial charge in [-0.1, -0.05) is 12.1 Å². The number of aromatic amines is 1. The molecule has 8 nitrogen and oxygen atoms in total. The summed E-state index contributed by atoms with van der Waals surface area (Å²) >= 11 is 0. The Labute approximate surface area is 130 Å². The van der Waals surface area contributed by atoms with Crippen molar-refractivity contribution in [2.45, 2.75) is 6.61 Å². The van der Waals surface area contributed by atoms with E-state index in [1.807, 2.05) is 0 Å². The number of aliphatic hydroxyl groups excluding tert-OH is 1. The molecule has 2 aromatic heterocycles. The molecule has 0 radical (unpaired) electrons. The number of rotatable bonds is 4. The minimum atomic E-state index is -0.804. The van der Waals surface area contributed by atoms with Crippen LogP contribution in [0.3, 0.4) is 0 Å². The topological polar surface area (TPSA) is 147 Å². The summed E-state index contributed by atoms with van der Waals surface area (Å²) in [6.07, 6.45) is 1.52. The average molecular weight is 314 g/mol. The standard InChI is InChI=1S/C15H14N4O4/c16-13(21)12-10-2-1-7(8-3-9(5-20)23-6-8)4-11(10)18-14(12)19-15(17)22/h1-4,6,18,20H,5H2,(H2,16,21)(H3,17,19,22). The van der Waals surface area contributed by atoms with Gasteiger partial charge in [-0.2, -0.15) is 0 Å². The van der Waals surface area contributed by atoms with Gasteiger partial charge in [-0.05, 0) is 17.7 Å². The number of carbonyl (C=O) groups excluding carboxylic acids is 2. The molecule has 0 spiro atoms. The van der Waals surface area contributed by atoms with Gasteiger partial charge in [-0.25, -0.2) is 4.79 Å². The Morgan fingerprint density at radius 1 is 1.22 bits per heavy atom. The molecule has 3 rings (SSSR count). The van der Waals surface area contributed by atoms with Gasteiger partial charge < -0.3 is 26.0 Å². The van der Waals surface area contributed by atoms with Gasteiger partial charge in [0.1, 0.15) is 18.2 Å². The lowest BCUT2D eigenvalue weighted by Crippen LogP contribution is -2.22. The first kappa shape index (κ1) is 14.7. The highest BCUT2D eigenvalue weighted by atomic mass is 16.4. The van der Waals surface area contributed by atoms with E-state index in [0.29, 0.717) is 16.7 Å². The number of fused-ring (bicyclic) bond motifs is 1. The summed E-state index contributed by atoms with van der Waals surface area (Å²) < 4.78 is 5.19. The van der Waals surface area contributed by atoms with Crippen LogP contribution in [0, 0.1) is 0 Å². The van der Waals surface area contributed by atoms with Crippen molar-refractivity contribution in [1.29, 1.82) is 0 Å². The van der Waals surface area contributed by atoms with E-state index in [2.05, 4.69) is 10.3 Å². The van der Waals surface area contributed by atoms with Gasteiger partial charge in [0.2, 0.25) is 0 Å². The second kappa shape index (κ2) is 5.50. The third kappa shape index (κ3) is 2.62. The highest BCUT2D eigenvalue weighted by Gasteiger charge is 2.18. The Morgan fingerprint density at radius 3 is 2.61 bits per heavy atom. The molecule has 118 valence electrons. The second-order valence-corrected chi connectivity index (χ2v) is 4.95. The number of amides is 3. The molecular formula is C15H14N4O4. The zero-order valence-corrected chi connectivity index (χ0v) is 11.9. The first-order valence-corrected chi connectivity index (χ1v) is 6.70. The van der Waals surface area contributed by atoms with E-state index in [9.17, 15) is 9.59 Å². The summed E-state index contributed by atoms with van der Waals surface area (Å²) in [4.78, 5) is 25.6. The van der Waals surface area contributed by atoms with Crippen molar-refractivity contribution in [3.8, 4) is 11.1 Å². The molecule has 2 heterocycles. The SMILES string of the molecule is NC(=O)Nc1[nH]c2cc(-c3coc(CO)c3)ccc2c1C(N)=O. The summed E-state index contributed by atoms with van der Waals surface area (Å²) in [6.45, 7) is -0.191. The molecule has 0 unspecified atom stereocenters. The summed E-state index contributed by atoms with van der Waals surface area (Å²) in [5, 5.41) is 12.0. The molecule has 8 heteroatoms. The first-order valence-electron chi connectivity index (χ1n) is 6.70. The number of anilines is 1. The number of H-pyrrole nitrogens is 1. The highest BCUT2D eigenvalue weighted by molar-refractivity contribution is 6.13. The fourth-order valence-electron chi connectivity index (χ4n) is 2.46. The smallest absolute Gasteiger partial charge is 0.317 e. The summed E-state index contributed by atoms with van der Waals surface area (Å²) in [5.74, 6) is -0.0838. The van der Waals surface area contributed by atoms with E-state index < -0.39 is 11.9 Å². The van der Waals surface area contributed by atoms with Crippen LogP contribution < -0.4 is 16.8 Å². The Kier molecular flexibility index (Phi) is 3.51. The Balaban J connectivity index is 2.12. The number of urea groups is 1. The molecule has 0 aliphatic carbocycles. The van der Waals surface area contributed by atoms with E-state index in [1.54, 1.807) is 24.3 Å². The van der Waals surface area contributed by atoms with Gasteiger partial charge in [0.05, 0.1) is 11.8 Å². The van der Waals surface area contributed by atoms with Gasteiger partial charge in [0.15, 0.2) is 0 Å². The number of benzene rings is 1. The normalized spacial score (nSPS) is 10.8. The quantitative estimate of drug-likeness (QED) is 0.496. The van der Waals surface area contributed by atoms with Crippen molar-refractivity contribution < 1.29 is 19.1 Å². The Morgan fingerprint density at radius 2 is 2.00 bits per heavy atom. The third-order valence-corrected chi connectivity index (χ3v) is 3.44. The minimum Gasteiger partial charge on any atom is -0.466 e. The van der Waals surface area contributed by atoms with Crippen molar-refractivity contribution in [3.05, 3.63) is 41.9 Å². The number of aromatic nitrogens is 1. The predicted molar refractivity (Wildman–Crippen MR) is 83.6 cm³/mol. The van der Waals surface area contributed by atoms with Crippen LogP contribution in [0.1, 0.15) is 16.1 Å². The van der Waals surface area contributed by atoms with Gasteiger partial charge in [0, 0.05) is 16.5 Å². The van der Waals surface area contributed by atoms with E-state index in [-0.39, 0.29) is 18.0 Å². The van der Waals surface area contributed by atoms with Crippen LogP contribution in [0.2, 0.25) is 0 Å². The lowest BCUT2D eigenvalue weighted by Gasteiger charge is -2.00. The molecular weight excluding hydrogens is 300 g/mol. The molecule has 3 amide bonds. The number of aliphatic hydroxyl groups is 1. The molecule has 0 atom stereocenters. The van der Waals surface area contributed by atoms with Crippen LogP contribution in [0.25, 0.3) is 22.0 Å². The molecule has 0 aliphatic heterocycles. The largest absolute Gasteiger partial charge is 0.466 e. The van der Waals surface area contributed by atoms with Crippen molar-refractivity contribution in [3.63, 3.8) is 0 Å². The second-order valence-electron chi connectivity index (χ2n) is 4.95. The monoisotopic (exact) mass is 314 g/mol. The predicted octanol–water partition coefficient (Wildman–Crippen LogP) is 1.51. The van der Waals surface area contributed by atoms with Crippen LogP contribution in [0.5, 0.6) is 0 Å². The molecule has 0 bridgehead atoms. The zero-order valence-electron chi connectivity index (χ0n) is 11.9. The van der Waals surface area contributed by atoms with Gasteiger partial charge >= 0.3 is 6.03 Å². The number of nitrogens with one attached hydrogen (secondary N) is 2. The first-order chi connectivity index (χ1) is 11.0. The van der Waals surface area contributed by atoms with Gasteiger partial charge in [0.25, 0.3) is 5.91 Å². The minimum absolute atomic E-state index is 0.153. The number of carbonyl (C=O) groups is 2. The fraction of sp³-hybridized carbons (Fsp3) is 0.0667. The number of furan rings is 1. The van der Waals surface area contributed by atoms with Gasteiger partial charge in [-0.15, -0.1) is 0 Å². The average Bonchev–Trinajstić information content (AvgIpc) is 3.09. The van der Waals surface area contributed by atoms with Gasteiger partial charge in [-0.3, -0.25) is 10.1 Å². The number of hydrogen-bond donors (Lipinski definition) is 5. The summed E-state index contributed by atoms with van der Waals surface area (Å²) in [7, 11) is 0. The zero-order chi connectivity index (χ0) is 16.6. The molecule has 3 aromatic rings. The van der Waals surface area contributed by atoms with Crippen LogP contribution in [0.4, 0.5) is 10.6 Å². The molecule has 0 saturated carbocycles.